The summed E-state index contributed by atoms with van der Waals surface area (Å²) in [5.74, 6) is -0.190. The van der Waals surface area contributed by atoms with Crippen LogP contribution in [-0.2, 0) is 4.79 Å². The minimum atomic E-state index is -0.190. The van der Waals surface area contributed by atoms with Crippen molar-refractivity contribution in [1.82, 2.24) is 0 Å². The predicted octanol–water partition coefficient (Wildman–Crippen LogP) is 2.26. The summed E-state index contributed by atoms with van der Waals surface area (Å²) in [7, 11) is 0. The number of aryl methyl sites for hydroxylation is 2. The Bertz CT molecular complexity index is 346. The Balaban J connectivity index is 3.15. The van der Waals surface area contributed by atoms with Gasteiger partial charge in [-0.25, -0.2) is 0 Å². The molecular formula is C11H13NO. The maximum atomic E-state index is 10.9. The second kappa shape index (κ2) is 3.52. The zero-order chi connectivity index (χ0) is 10.0. The van der Waals surface area contributed by atoms with Crippen LogP contribution in [0.25, 0.3) is 0 Å². The van der Waals surface area contributed by atoms with Crippen molar-refractivity contribution in [2.75, 3.05) is 0 Å². The molecule has 2 heteroatoms. The lowest BCUT2D eigenvalue weighted by atomic mass is 10.0. The van der Waals surface area contributed by atoms with E-state index in [0.717, 1.165) is 11.1 Å². The highest BCUT2D eigenvalue weighted by molar-refractivity contribution is 6.44. The fourth-order valence-electron chi connectivity index (χ4n) is 1.32. The van der Waals surface area contributed by atoms with Gasteiger partial charge in [0.25, 0.3) is 0 Å². The van der Waals surface area contributed by atoms with E-state index in [9.17, 15) is 4.79 Å². The van der Waals surface area contributed by atoms with Crippen LogP contribution in [0, 0.1) is 19.3 Å². The first-order valence-electron chi connectivity index (χ1n) is 4.19. The molecule has 0 heterocycles. The van der Waals surface area contributed by atoms with Gasteiger partial charge in [0.15, 0.2) is 5.78 Å². The summed E-state index contributed by atoms with van der Waals surface area (Å²) in [6.45, 7) is 5.34. The second-order valence-electron chi connectivity index (χ2n) is 3.31. The third-order valence-electron chi connectivity index (χ3n) is 1.86. The minimum Gasteiger partial charge on any atom is -0.297 e. The molecule has 0 spiro atoms. The van der Waals surface area contributed by atoms with E-state index < -0.39 is 0 Å². The molecule has 68 valence electrons. The molecule has 0 aromatic heterocycles. The summed E-state index contributed by atoms with van der Waals surface area (Å²) >= 11 is 0. The second-order valence-corrected chi connectivity index (χ2v) is 3.31. The average Bonchev–Trinajstić information content (AvgIpc) is 2.01. The van der Waals surface area contributed by atoms with E-state index in [-0.39, 0.29) is 11.5 Å². The van der Waals surface area contributed by atoms with Gasteiger partial charge in [-0.1, -0.05) is 17.2 Å². The third-order valence-corrected chi connectivity index (χ3v) is 1.86. The molecule has 1 aromatic rings. The van der Waals surface area contributed by atoms with E-state index >= 15 is 0 Å². The monoisotopic (exact) mass is 175 g/mol. The highest BCUT2D eigenvalue weighted by atomic mass is 16.1. The molecule has 0 bridgehead atoms. The van der Waals surface area contributed by atoms with Gasteiger partial charge in [-0.2, -0.15) is 0 Å². The van der Waals surface area contributed by atoms with Crippen LogP contribution in [0.3, 0.4) is 0 Å². The molecule has 1 aromatic carbocycles. The Morgan fingerprint density at radius 2 is 1.62 bits per heavy atom. The molecule has 0 aliphatic rings. The van der Waals surface area contributed by atoms with Gasteiger partial charge in [-0.3, -0.25) is 10.2 Å². The molecule has 1 N–H and O–H groups in total. The first kappa shape index (κ1) is 9.65. The van der Waals surface area contributed by atoms with Gasteiger partial charge >= 0.3 is 0 Å². The van der Waals surface area contributed by atoms with Gasteiger partial charge in [-0.15, -0.1) is 0 Å². The fourth-order valence-corrected chi connectivity index (χ4v) is 1.32. The molecule has 0 fully saturated rings. The van der Waals surface area contributed by atoms with Crippen molar-refractivity contribution in [3.8, 4) is 0 Å². The van der Waals surface area contributed by atoms with Gasteiger partial charge in [0.1, 0.15) is 5.71 Å². The summed E-state index contributed by atoms with van der Waals surface area (Å²) in [6, 6.07) is 5.74. The number of hydrogen-bond donors (Lipinski definition) is 1. The van der Waals surface area contributed by atoms with Gasteiger partial charge < -0.3 is 0 Å². The molecule has 1 rings (SSSR count). The Hall–Kier alpha value is -1.44. The van der Waals surface area contributed by atoms with Crippen molar-refractivity contribution < 1.29 is 4.79 Å². The van der Waals surface area contributed by atoms with Gasteiger partial charge in [0.05, 0.1) is 0 Å². The van der Waals surface area contributed by atoms with E-state index in [0.29, 0.717) is 5.56 Å². The molecule has 0 saturated carbocycles. The zero-order valence-corrected chi connectivity index (χ0v) is 8.14. The first-order chi connectivity index (χ1) is 6.00. The van der Waals surface area contributed by atoms with Crippen molar-refractivity contribution in [3.63, 3.8) is 0 Å². The van der Waals surface area contributed by atoms with Crippen LogP contribution in [0.2, 0.25) is 0 Å². The topological polar surface area (TPSA) is 40.9 Å². The normalized spacial score (nSPS) is 9.77. The van der Waals surface area contributed by atoms with Crippen LogP contribution in [0.5, 0.6) is 0 Å². The maximum Gasteiger partial charge on any atom is 0.177 e. The molecule has 0 amide bonds. The van der Waals surface area contributed by atoms with Crippen LogP contribution >= 0.6 is 0 Å². The smallest absolute Gasteiger partial charge is 0.177 e. The summed E-state index contributed by atoms with van der Waals surface area (Å²) in [4.78, 5) is 10.9. The highest BCUT2D eigenvalue weighted by Crippen LogP contribution is 2.09. The Morgan fingerprint density at radius 3 is 2.00 bits per heavy atom. The molecule has 0 aliphatic heterocycles. The van der Waals surface area contributed by atoms with Gasteiger partial charge in [-0.05, 0) is 26.0 Å². The van der Waals surface area contributed by atoms with Crippen LogP contribution in [-0.4, -0.2) is 11.5 Å². The van der Waals surface area contributed by atoms with Crippen LogP contribution in [0.1, 0.15) is 23.6 Å². The van der Waals surface area contributed by atoms with E-state index in [2.05, 4.69) is 0 Å². The number of ketones is 1. The zero-order valence-electron chi connectivity index (χ0n) is 8.14. The molecule has 0 saturated heterocycles. The van der Waals surface area contributed by atoms with Crippen molar-refractivity contribution in [1.29, 1.82) is 5.41 Å². The average molecular weight is 175 g/mol. The lowest BCUT2D eigenvalue weighted by Gasteiger charge is -2.03. The van der Waals surface area contributed by atoms with Crippen LogP contribution in [0.4, 0.5) is 0 Å². The van der Waals surface area contributed by atoms with Crippen molar-refractivity contribution in [2.24, 2.45) is 0 Å². The standard InChI is InChI=1S/C11H13NO/c1-7-4-8(2)6-10(5-7)11(12)9(3)13/h4-6,12H,1-3H3. The maximum absolute atomic E-state index is 10.9. The predicted molar refractivity (Wildman–Crippen MR) is 53.4 cm³/mol. The molecule has 13 heavy (non-hydrogen) atoms. The van der Waals surface area contributed by atoms with Crippen LogP contribution < -0.4 is 0 Å². The highest BCUT2D eigenvalue weighted by Gasteiger charge is 2.06. The number of carbonyl (C=O) groups is 1. The molecule has 0 atom stereocenters. The summed E-state index contributed by atoms with van der Waals surface area (Å²) in [6.07, 6.45) is 0. The minimum absolute atomic E-state index is 0.0896. The Labute approximate surface area is 78.1 Å². The number of rotatable bonds is 2. The van der Waals surface area contributed by atoms with E-state index in [1.165, 1.54) is 6.92 Å². The molecule has 0 radical (unpaired) electrons. The molecule has 0 unspecified atom stereocenters. The summed E-state index contributed by atoms with van der Waals surface area (Å²) in [5, 5.41) is 7.53. The fraction of sp³-hybridized carbons (Fsp3) is 0.273. The van der Waals surface area contributed by atoms with E-state index in [1.807, 2.05) is 32.0 Å². The number of benzene rings is 1. The van der Waals surface area contributed by atoms with Crippen molar-refractivity contribution >= 4 is 11.5 Å². The van der Waals surface area contributed by atoms with Crippen molar-refractivity contribution in [2.45, 2.75) is 20.8 Å². The van der Waals surface area contributed by atoms with E-state index in [1.54, 1.807) is 0 Å². The molecule has 2 nitrogen and oxygen atoms in total. The quantitative estimate of drug-likeness (QED) is 0.688. The number of hydrogen-bond acceptors (Lipinski definition) is 2. The number of Topliss-reactive ketones (excluding diaryl/α,β-unsaturated/α-hetero) is 1. The Kier molecular flexibility index (Phi) is 2.61. The Morgan fingerprint density at radius 1 is 1.15 bits per heavy atom. The summed E-state index contributed by atoms with van der Waals surface area (Å²) < 4.78 is 0. The number of nitrogens with one attached hydrogen (secondary N) is 1. The summed E-state index contributed by atoms with van der Waals surface area (Å²) in [5.41, 5.74) is 2.97. The first-order valence-corrected chi connectivity index (χ1v) is 4.19. The van der Waals surface area contributed by atoms with Crippen molar-refractivity contribution in [3.05, 3.63) is 34.9 Å². The van der Waals surface area contributed by atoms with E-state index in [4.69, 9.17) is 5.41 Å². The van der Waals surface area contributed by atoms with Crippen LogP contribution in [0.15, 0.2) is 18.2 Å². The molecule has 0 aliphatic carbocycles. The largest absolute Gasteiger partial charge is 0.297 e. The molecular weight excluding hydrogens is 162 g/mol. The number of carbonyl (C=O) groups excluding carboxylic acids is 1. The third kappa shape index (κ3) is 2.25. The van der Waals surface area contributed by atoms with Gasteiger partial charge in [0.2, 0.25) is 0 Å². The SMILES string of the molecule is CC(=O)C(=N)c1cc(C)cc(C)c1. The lowest BCUT2D eigenvalue weighted by molar-refractivity contribution is -0.111. The lowest BCUT2D eigenvalue weighted by Crippen LogP contribution is -2.10. The van der Waals surface area contributed by atoms with Gasteiger partial charge in [0, 0.05) is 12.5 Å².